The van der Waals surface area contributed by atoms with E-state index in [-0.39, 0.29) is 35.7 Å². The van der Waals surface area contributed by atoms with Gasteiger partial charge in [0, 0.05) is 12.3 Å². The number of benzene rings is 1. The van der Waals surface area contributed by atoms with Crippen LogP contribution >= 0.6 is 11.6 Å². The minimum absolute atomic E-state index is 0.0201. The third-order valence-electron chi connectivity index (χ3n) is 3.50. The van der Waals surface area contributed by atoms with E-state index in [2.05, 4.69) is 10.3 Å². The largest absolute Gasteiger partial charge is 0.276 e. The molecule has 0 unspecified atom stereocenters. The Balaban J connectivity index is 1.81. The van der Waals surface area contributed by atoms with Crippen molar-refractivity contribution in [2.45, 2.75) is 19.9 Å². The zero-order valence-corrected chi connectivity index (χ0v) is 12.4. The molecular weight excluding hydrogens is 311 g/mol. The van der Waals surface area contributed by atoms with Gasteiger partial charge in [0.15, 0.2) is 0 Å². The van der Waals surface area contributed by atoms with E-state index in [0.717, 1.165) is 0 Å². The van der Waals surface area contributed by atoms with Crippen LogP contribution in [0.4, 0.5) is 4.39 Å². The Morgan fingerprint density at radius 3 is 2.82 bits per heavy atom. The number of carbonyl (C=O) groups is 2. The van der Waals surface area contributed by atoms with Gasteiger partial charge < -0.3 is 0 Å². The predicted octanol–water partition coefficient (Wildman–Crippen LogP) is 1.95. The average molecular weight is 323 g/mol. The molecule has 0 spiro atoms. The normalized spacial score (nSPS) is 18.3. The lowest BCUT2D eigenvalue weighted by Gasteiger charge is -2.11. The molecule has 2 aromatic rings. The topological polar surface area (TPSA) is 68.1 Å². The smallest absolute Gasteiger partial charge is 0.232 e. The molecule has 1 aliphatic rings. The van der Waals surface area contributed by atoms with Gasteiger partial charge in [-0.15, -0.1) is 5.10 Å². The van der Waals surface area contributed by atoms with E-state index in [0.29, 0.717) is 11.4 Å². The fourth-order valence-corrected chi connectivity index (χ4v) is 2.48. The van der Waals surface area contributed by atoms with Crippen molar-refractivity contribution in [3.8, 4) is 5.69 Å². The van der Waals surface area contributed by atoms with E-state index in [9.17, 15) is 14.0 Å². The van der Waals surface area contributed by atoms with Crippen molar-refractivity contribution in [3.63, 3.8) is 0 Å². The summed E-state index contributed by atoms with van der Waals surface area (Å²) in [6.45, 7) is 1.80. The summed E-state index contributed by atoms with van der Waals surface area (Å²) in [4.78, 5) is 24.8. The first-order chi connectivity index (χ1) is 10.5. The Labute approximate surface area is 130 Å². The van der Waals surface area contributed by atoms with E-state index >= 15 is 0 Å². The Hall–Kier alpha value is -2.28. The second-order valence-corrected chi connectivity index (χ2v) is 5.58. The van der Waals surface area contributed by atoms with Crippen LogP contribution < -0.4 is 0 Å². The predicted molar refractivity (Wildman–Crippen MR) is 75.7 cm³/mol. The SMILES string of the molecule is C[C@H]1CC(=O)N(Cc2cn(-c3ccc(F)c(Cl)c3)nn2)C1=O. The molecule has 114 valence electrons. The summed E-state index contributed by atoms with van der Waals surface area (Å²) in [6.07, 6.45) is 1.80. The van der Waals surface area contributed by atoms with Gasteiger partial charge in [0.2, 0.25) is 11.8 Å². The molecule has 1 aliphatic heterocycles. The number of likely N-dealkylation sites (tertiary alicyclic amines) is 1. The Kier molecular flexibility index (Phi) is 3.66. The van der Waals surface area contributed by atoms with Gasteiger partial charge in [0.1, 0.15) is 11.5 Å². The fourth-order valence-electron chi connectivity index (χ4n) is 2.30. The second-order valence-electron chi connectivity index (χ2n) is 5.18. The molecule has 1 aromatic heterocycles. The Bertz CT molecular complexity index is 761. The van der Waals surface area contributed by atoms with Crippen LogP contribution in [-0.2, 0) is 16.1 Å². The summed E-state index contributed by atoms with van der Waals surface area (Å²) >= 11 is 5.73. The van der Waals surface area contributed by atoms with Crippen LogP contribution in [0, 0.1) is 11.7 Å². The minimum atomic E-state index is -0.520. The first kappa shape index (κ1) is 14.6. The third kappa shape index (κ3) is 2.59. The molecule has 0 bridgehead atoms. The molecule has 1 fully saturated rings. The zero-order chi connectivity index (χ0) is 15.9. The number of rotatable bonds is 3. The monoisotopic (exact) mass is 322 g/mol. The highest BCUT2D eigenvalue weighted by molar-refractivity contribution is 6.30. The Morgan fingerprint density at radius 1 is 1.41 bits per heavy atom. The van der Waals surface area contributed by atoms with Crippen molar-refractivity contribution >= 4 is 23.4 Å². The number of nitrogens with zero attached hydrogens (tertiary/aromatic N) is 4. The maximum Gasteiger partial charge on any atom is 0.232 e. The second kappa shape index (κ2) is 5.49. The first-order valence-corrected chi connectivity index (χ1v) is 7.04. The molecule has 3 rings (SSSR count). The summed E-state index contributed by atoms with van der Waals surface area (Å²) in [7, 11) is 0. The van der Waals surface area contributed by atoms with Crippen LogP contribution in [0.2, 0.25) is 5.02 Å². The molecule has 1 saturated heterocycles. The van der Waals surface area contributed by atoms with Crippen molar-refractivity contribution in [2.75, 3.05) is 0 Å². The highest BCUT2D eigenvalue weighted by Crippen LogP contribution is 2.21. The van der Waals surface area contributed by atoms with Crippen LogP contribution in [-0.4, -0.2) is 31.7 Å². The fraction of sp³-hybridized carbons (Fsp3) is 0.286. The molecule has 2 amide bonds. The molecule has 2 heterocycles. The molecule has 0 N–H and O–H groups in total. The number of hydrogen-bond donors (Lipinski definition) is 0. The van der Waals surface area contributed by atoms with Gasteiger partial charge in [0.25, 0.3) is 0 Å². The van der Waals surface area contributed by atoms with Crippen molar-refractivity contribution in [2.24, 2.45) is 5.92 Å². The highest BCUT2D eigenvalue weighted by atomic mass is 35.5. The maximum absolute atomic E-state index is 13.2. The number of aromatic nitrogens is 3. The lowest BCUT2D eigenvalue weighted by atomic mass is 10.1. The van der Waals surface area contributed by atoms with Gasteiger partial charge in [-0.1, -0.05) is 23.7 Å². The maximum atomic E-state index is 13.2. The van der Waals surface area contributed by atoms with Gasteiger partial charge in [-0.05, 0) is 18.2 Å². The summed E-state index contributed by atoms with van der Waals surface area (Å²) in [5.41, 5.74) is 1.01. The van der Waals surface area contributed by atoms with Crippen molar-refractivity contribution < 1.29 is 14.0 Å². The van der Waals surface area contributed by atoms with E-state index in [4.69, 9.17) is 11.6 Å². The standard InChI is InChI=1S/C14H12ClFN4O2/c1-8-4-13(21)19(14(8)22)6-9-7-20(18-17-9)10-2-3-12(16)11(15)5-10/h2-3,5,7-8H,4,6H2,1H3/t8-/m0/s1. The lowest BCUT2D eigenvalue weighted by Crippen LogP contribution is -2.29. The minimum Gasteiger partial charge on any atom is -0.276 e. The summed E-state index contributed by atoms with van der Waals surface area (Å²) < 4.78 is 14.6. The van der Waals surface area contributed by atoms with Crippen molar-refractivity contribution in [1.29, 1.82) is 0 Å². The number of imide groups is 1. The van der Waals surface area contributed by atoms with E-state index < -0.39 is 5.82 Å². The summed E-state index contributed by atoms with van der Waals surface area (Å²) in [5.74, 6) is -1.23. The van der Waals surface area contributed by atoms with Gasteiger partial charge >= 0.3 is 0 Å². The van der Waals surface area contributed by atoms with Gasteiger partial charge in [-0.2, -0.15) is 0 Å². The van der Waals surface area contributed by atoms with Gasteiger partial charge in [-0.3, -0.25) is 14.5 Å². The lowest BCUT2D eigenvalue weighted by molar-refractivity contribution is -0.140. The van der Waals surface area contributed by atoms with E-state index in [1.54, 1.807) is 13.1 Å². The van der Waals surface area contributed by atoms with Crippen molar-refractivity contribution in [3.05, 3.63) is 40.9 Å². The third-order valence-corrected chi connectivity index (χ3v) is 3.79. The van der Waals surface area contributed by atoms with Crippen LogP contribution in [0.3, 0.4) is 0 Å². The number of amides is 2. The van der Waals surface area contributed by atoms with E-state index in [1.165, 1.54) is 27.8 Å². The number of carbonyl (C=O) groups excluding carboxylic acids is 2. The summed E-state index contributed by atoms with van der Waals surface area (Å²) in [5, 5.41) is 7.82. The summed E-state index contributed by atoms with van der Waals surface area (Å²) in [6, 6.07) is 4.16. The highest BCUT2D eigenvalue weighted by Gasteiger charge is 2.35. The van der Waals surface area contributed by atoms with Crippen LogP contribution in [0.15, 0.2) is 24.4 Å². The molecule has 8 heteroatoms. The molecular formula is C14H12ClFN4O2. The number of halogens is 2. The molecule has 0 saturated carbocycles. The number of hydrogen-bond acceptors (Lipinski definition) is 4. The molecule has 1 aromatic carbocycles. The van der Waals surface area contributed by atoms with Crippen LogP contribution in [0.1, 0.15) is 19.0 Å². The quantitative estimate of drug-likeness (QED) is 0.810. The van der Waals surface area contributed by atoms with Crippen LogP contribution in [0.5, 0.6) is 0 Å². The zero-order valence-electron chi connectivity index (χ0n) is 11.7. The molecule has 0 aliphatic carbocycles. The molecule has 0 radical (unpaired) electrons. The Morgan fingerprint density at radius 2 is 2.18 bits per heavy atom. The molecule has 1 atom stereocenters. The average Bonchev–Trinajstić information content (AvgIpc) is 3.03. The first-order valence-electron chi connectivity index (χ1n) is 6.66. The van der Waals surface area contributed by atoms with Gasteiger partial charge in [-0.25, -0.2) is 9.07 Å². The molecule has 22 heavy (non-hydrogen) atoms. The van der Waals surface area contributed by atoms with Gasteiger partial charge in [0.05, 0.1) is 23.5 Å². The van der Waals surface area contributed by atoms with E-state index in [1.807, 2.05) is 0 Å². The van der Waals surface area contributed by atoms with Crippen molar-refractivity contribution in [1.82, 2.24) is 19.9 Å². The molecule has 6 nitrogen and oxygen atoms in total. The van der Waals surface area contributed by atoms with Crippen LogP contribution in [0.25, 0.3) is 5.69 Å².